The largest absolute Gasteiger partial charge is 0.507 e. The van der Waals surface area contributed by atoms with Gasteiger partial charge < -0.3 is 21.5 Å². The second kappa shape index (κ2) is 12.5. The number of aromatic nitrogens is 1. The van der Waals surface area contributed by atoms with Crippen molar-refractivity contribution in [3.63, 3.8) is 0 Å². The van der Waals surface area contributed by atoms with Crippen molar-refractivity contribution < 1.29 is 14.7 Å². The number of thiophene rings is 1. The van der Waals surface area contributed by atoms with Gasteiger partial charge in [0.1, 0.15) is 17.4 Å². The average molecular weight is 599 g/mol. The molecule has 37 heavy (non-hydrogen) atoms. The molecule has 0 saturated heterocycles. The quantitative estimate of drug-likeness (QED) is 0.213. The van der Waals surface area contributed by atoms with E-state index in [1.165, 1.54) is 17.4 Å². The minimum atomic E-state index is -0.403. The molecule has 188 valence electrons. The highest BCUT2D eigenvalue weighted by molar-refractivity contribution is 9.10. The van der Waals surface area contributed by atoms with Crippen LogP contribution in [0.1, 0.15) is 21.7 Å². The molecule has 2 amide bonds. The molecule has 0 fully saturated rings. The number of nitrogens with one attached hydrogen (secondary N) is 2. The zero-order valence-electron chi connectivity index (χ0n) is 19.2. The standard InChI is InChI=1S/C26H20BrN5O3S.ClH/c27-16-6-7-18(22(33)12-16)21-13-19(15-3-1-4-17(11-15)30-24(34)8-9-28)20(14-29)25(31-21)32-26(35)23-5-2-10-36-23;/h1-7,10-13,33H,8-9,28H2,(H,30,34)(H,31,32,35);1H. The fourth-order valence-electron chi connectivity index (χ4n) is 3.53. The van der Waals surface area contributed by atoms with Gasteiger partial charge in [0.15, 0.2) is 5.82 Å². The van der Waals surface area contributed by atoms with Crippen molar-refractivity contribution in [3.05, 3.63) is 81.0 Å². The van der Waals surface area contributed by atoms with Gasteiger partial charge in [0, 0.05) is 34.3 Å². The molecular weight excluding hydrogens is 578 g/mol. The summed E-state index contributed by atoms with van der Waals surface area (Å²) >= 11 is 4.59. The van der Waals surface area contributed by atoms with Crippen LogP contribution in [0.25, 0.3) is 22.4 Å². The van der Waals surface area contributed by atoms with E-state index in [-0.39, 0.29) is 48.4 Å². The summed E-state index contributed by atoms with van der Waals surface area (Å²) in [5.41, 5.74) is 8.00. The van der Waals surface area contributed by atoms with Crippen LogP contribution in [0.3, 0.4) is 0 Å². The molecule has 0 bridgehead atoms. The molecule has 11 heteroatoms. The van der Waals surface area contributed by atoms with Crippen LogP contribution >= 0.6 is 39.7 Å². The van der Waals surface area contributed by atoms with Gasteiger partial charge in [-0.15, -0.1) is 23.7 Å². The van der Waals surface area contributed by atoms with E-state index >= 15 is 0 Å². The zero-order chi connectivity index (χ0) is 25.7. The Morgan fingerprint density at radius 3 is 2.57 bits per heavy atom. The Morgan fingerprint density at radius 1 is 1.08 bits per heavy atom. The van der Waals surface area contributed by atoms with Crippen molar-refractivity contribution >= 4 is 63.0 Å². The number of nitrogens with zero attached hydrogens (tertiary/aromatic N) is 2. The van der Waals surface area contributed by atoms with E-state index in [1.807, 2.05) is 0 Å². The number of halogens is 2. The van der Waals surface area contributed by atoms with Gasteiger partial charge in [-0.05, 0) is 53.4 Å². The minimum Gasteiger partial charge on any atom is -0.507 e. The molecule has 5 N–H and O–H groups in total. The van der Waals surface area contributed by atoms with Crippen molar-refractivity contribution in [1.82, 2.24) is 4.98 Å². The summed E-state index contributed by atoms with van der Waals surface area (Å²) in [4.78, 5) is 29.9. The van der Waals surface area contributed by atoms with Crippen molar-refractivity contribution in [2.45, 2.75) is 6.42 Å². The summed E-state index contributed by atoms with van der Waals surface area (Å²) in [6.07, 6.45) is 0.175. The smallest absolute Gasteiger partial charge is 0.266 e. The Kier molecular flexibility index (Phi) is 9.38. The highest BCUT2D eigenvalue weighted by atomic mass is 79.9. The van der Waals surface area contributed by atoms with Crippen LogP contribution in [0, 0.1) is 11.3 Å². The number of hydrogen-bond donors (Lipinski definition) is 4. The molecule has 2 heterocycles. The lowest BCUT2D eigenvalue weighted by Crippen LogP contribution is -2.16. The molecule has 2 aromatic carbocycles. The van der Waals surface area contributed by atoms with E-state index in [4.69, 9.17) is 5.73 Å². The Hall–Kier alpha value is -3.75. The maximum atomic E-state index is 12.8. The fraction of sp³-hybridized carbons (Fsp3) is 0.0769. The van der Waals surface area contributed by atoms with Crippen molar-refractivity contribution in [1.29, 1.82) is 5.26 Å². The van der Waals surface area contributed by atoms with Gasteiger partial charge >= 0.3 is 0 Å². The third-order valence-corrected chi connectivity index (χ3v) is 6.53. The topological polar surface area (TPSA) is 141 Å². The summed E-state index contributed by atoms with van der Waals surface area (Å²) in [5.74, 6) is -0.594. The summed E-state index contributed by atoms with van der Waals surface area (Å²) in [6, 6.07) is 19.2. The molecule has 0 unspecified atom stereocenters. The average Bonchev–Trinajstić information content (AvgIpc) is 3.39. The fourth-order valence-corrected chi connectivity index (χ4v) is 4.50. The number of nitrogens with two attached hydrogens (primary N) is 1. The van der Waals surface area contributed by atoms with Crippen LogP contribution in [-0.2, 0) is 4.79 Å². The Balaban J connectivity index is 0.00000380. The highest BCUT2D eigenvalue weighted by Gasteiger charge is 2.20. The third kappa shape index (κ3) is 6.53. The van der Waals surface area contributed by atoms with Gasteiger partial charge in [-0.25, -0.2) is 4.98 Å². The van der Waals surface area contributed by atoms with Crippen LogP contribution in [-0.4, -0.2) is 28.4 Å². The van der Waals surface area contributed by atoms with E-state index in [2.05, 4.69) is 37.6 Å². The van der Waals surface area contributed by atoms with E-state index in [0.29, 0.717) is 37.4 Å². The SMILES string of the molecule is Cl.N#Cc1c(-c2cccc(NC(=O)CCN)c2)cc(-c2ccc(Br)cc2O)nc1NC(=O)c1cccs1. The van der Waals surface area contributed by atoms with Crippen LogP contribution in [0.15, 0.2) is 70.5 Å². The zero-order valence-corrected chi connectivity index (χ0v) is 22.4. The number of carbonyl (C=O) groups is 2. The molecular formula is C26H21BrClN5O3S. The maximum Gasteiger partial charge on any atom is 0.266 e. The first-order valence-electron chi connectivity index (χ1n) is 10.8. The van der Waals surface area contributed by atoms with Crippen molar-refractivity contribution in [2.75, 3.05) is 17.2 Å². The van der Waals surface area contributed by atoms with Crippen LogP contribution in [0.4, 0.5) is 11.5 Å². The molecule has 0 aliphatic heterocycles. The lowest BCUT2D eigenvalue weighted by atomic mass is 9.97. The highest BCUT2D eigenvalue weighted by Crippen LogP contribution is 2.37. The first-order valence-corrected chi connectivity index (χ1v) is 12.5. The number of benzene rings is 2. The van der Waals surface area contributed by atoms with Crippen molar-refractivity contribution in [2.24, 2.45) is 5.73 Å². The van der Waals surface area contributed by atoms with Crippen molar-refractivity contribution in [3.8, 4) is 34.2 Å². The first kappa shape index (κ1) is 27.8. The molecule has 0 spiro atoms. The van der Waals surface area contributed by atoms with Gasteiger partial charge in [0.25, 0.3) is 5.91 Å². The predicted octanol–water partition coefficient (Wildman–Crippen LogP) is 5.78. The summed E-state index contributed by atoms with van der Waals surface area (Å²) < 4.78 is 0.685. The lowest BCUT2D eigenvalue weighted by Gasteiger charge is -2.15. The lowest BCUT2D eigenvalue weighted by molar-refractivity contribution is -0.116. The van der Waals surface area contributed by atoms with Crippen LogP contribution in [0.5, 0.6) is 5.75 Å². The monoisotopic (exact) mass is 597 g/mol. The second-order valence-corrected chi connectivity index (χ2v) is 9.51. The van der Waals surface area contributed by atoms with Crippen LogP contribution < -0.4 is 16.4 Å². The van der Waals surface area contributed by atoms with E-state index in [9.17, 15) is 20.0 Å². The number of rotatable bonds is 7. The molecule has 2 aromatic heterocycles. The summed E-state index contributed by atoms with van der Waals surface area (Å²) in [5, 5.41) is 27.9. The molecule has 0 atom stereocenters. The summed E-state index contributed by atoms with van der Waals surface area (Å²) in [7, 11) is 0. The molecule has 4 aromatic rings. The number of nitriles is 1. The number of pyridine rings is 1. The number of phenolic OH excluding ortho intramolecular Hbond substituents is 1. The van der Waals surface area contributed by atoms with E-state index in [0.717, 1.165) is 0 Å². The molecule has 0 aliphatic carbocycles. The molecule has 0 aliphatic rings. The molecule has 4 rings (SSSR count). The normalized spacial score (nSPS) is 10.2. The van der Waals surface area contributed by atoms with Gasteiger partial charge in [-0.1, -0.05) is 34.1 Å². The maximum absolute atomic E-state index is 12.8. The molecule has 0 radical (unpaired) electrons. The summed E-state index contributed by atoms with van der Waals surface area (Å²) in [6.45, 7) is 0.224. The van der Waals surface area contributed by atoms with Gasteiger partial charge in [-0.3, -0.25) is 9.59 Å². The number of amides is 2. The number of anilines is 2. The van der Waals surface area contributed by atoms with E-state index in [1.54, 1.807) is 60.0 Å². The number of hydrogen-bond acceptors (Lipinski definition) is 7. The Labute approximate surface area is 231 Å². The second-order valence-electron chi connectivity index (χ2n) is 7.65. The van der Waals surface area contributed by atoms with Gasteiger partial charge in [0.05, 0.1) is 10.6 Å². The third-order valence-electron chi connectivity index (χ3n) is 5.17. The molecule has 0 saturated carbocycles. The number of carbonyl (C=O) groups excluding carboxylic acids is 2. The number of aromatic hydroxyl groups is 1. The van der Waals surface area contributed by atoms with Gasteiger partial charge in [-0.2, -0.15) is 5.26 Å². The predicted molar refractivity (Wildman–Crippen MR) is 151 cm³/mol. The minimum absolute atomic E-state index is 0. The number of phenols is 1. The first-order chi connectivity index (χ1) is 17.4. The van der Waals surface area contributed by atoms with Crippen LogP contribution in [0.2, 0.25) is 0 Å². The Bertz CT molecular complexity index is 1490. The Morgan fingerprint density at radius 2 is 1.89 bits per heavy atom. The van der Waals surface area contributed by atoms with Gasteiger partial charge in [0.2, 0.25) is 5.91 Å². The molecule has 8 nitrogen and oxygen atoms in total. The van der Waals surface area contributed by atoms with E-state index < -0.39 is 5.91 Å².